The Morgan fingerprint density at radius 1 is 1.47 bits per heavy atom. The SMILES string of the molecule is COC(=O)C1CC(=O)N(c2cccc3nonc23)C1. The first-order valence-corrected chi connectivity index (χ1v) is 5.80. The van der Waals surface area contributed by atoms with Gasteiger partial charge >= 0.3 is 5.97 Å². The maximum absolute atomic E-state index is 12.0. The number of amides is 1. The van der Waals surface area contributed by atoms with Crippen LogP contribution in [0, 0.1) is 5.92 Å². The van der Waals surface area contributed by atoms with Crippen LogP contribution in [0.1, 0.15) is 6.42 Å². The fourth-order valence-electron chi connectivity index (χ4n) is 2.27. The van der Waals surface area contributed by atoms with Crippen molar-refractivity contribution < 1.29 is 19.0 Å². The Morgan fingerprint density at radius 2 is 2.32 bits per heavy atom. The number of anilines is 1. The Hall–Kier alpha value is -2.44. The molecule has 0 N–H and O–H groups in total. The number of hydrogen-bond acceptors (Lipinski definition) is 6. The van der Waals surface area contributed by atoms with Gasteiger partial charge < -0.3 is 9.64 Å². The van der Waals surface area contributed by atoms with Crippen LogP contribution < -0.4 is 4.90 Å². The highest BCUT2D eigenvalue weighted by molar-refractivity contribution is 6.04. The summed E-state index contributed by atoms with van der Waals surface area (Å²) in [5.74, 6) is -0.945. The van der Waals surface area contributed by atoms with E-state index in [1.54, 1.807) is 18.2 Å². The molecule has 3 rings (SSSR count). The minimum Gasteiger partial charge on any atom is -0.469 e. The fraction of sp³-hybridized carbons (Fsp3) is 0.333. The third-order valence-corrected chi connectivity index (χ3v) is 3.22. The maximum Gasteiger partial charge on any atom is 0.311 e. The van der Waals surface area contributed by atoms with Gasteiger partial charge in [-0.3, -0.25) is 9.59 Å². The van der Waals surface area contributed by atoms with E-state index in [2.05, 4.69) is 19.7 Å². The highest BCUT2D eigenvalue weighted by Gasteiger charge is 2.36. The second-order valence-electron chi connectivity index (χ2n) is 4.34. The number of fused-ring (bicyclic) bond motifs is 1. The molecule has 7 nitrogen and oxygen atoms in total. The van der Waals surface area contributed by atoms with Crippen LogP contribution in [0.5, 0.6) is 0 Å². The summed E-state index contributed by atoms with van der Waals surface area (Å²) in [6, 6.07) is 5.26. The summed E-state index contributed by atoms with van der Waals surface area (Å²) in [5.41, 5.74) is 1.70. The molecular formula is C12H11N3O4. The molecule has 0 spiro atoms. The van der Waals surface area contributed by atoms with E-state index in [-0.39, 0.29) is 24.8 Å². The molecule has 1 fully saturated rings. The lowest BCUT2D eigenvalue weighted by Gasteiger charge is -2.15. The number of aromatic nitrogens is 2. The number of benzene rings is 1. The Kier molecular flexibility index (Phi) is 2.66. The molecule has 19 heavy (non-hydrogen) atoms. The van der Waals surface area contributed by atoms with Gasteiger partial charge in [-0.25, -0.2) is 4.63 Å². The molecule has 1 aromatic carbocycles. The Balaban J connectivity index is 1.96. The molecule has 1 aliphatic rings. The molecule has 1 unspecified atom stereocenters. The summed E-state index contributed by atoms with van der Waals surface area (Å²) < 4.78 is 9.34. The van der Waals surface area contributed by atoms with Crippen LogP contribution in [-0.4, -0.2) is 35.8 Å². The Morgan fingerprint density at radius 3 is 3.11 bits per heavy atom. The van der Waals surface area contributed by atoms with E-state index in [9.17, 15) is 9.59 Å². The molecule has 0 aliphatic carbocycles. The summed E-state index contributed by atoms with van der Waals surface area (Å²) >= 11 is 0. The number of nitrogens with zero attached hydrogens (tertiary/aromatic N) is 3. The van der Waals surface area contributed by atoms with Crippen LogP contribution in [0.25, 0.3) is 11.0 Å². The molecule has 2 aromatic rings. The van der Waals surface area contributed by atoms with E-state index in [1.807, 2.05) is 0 Å². The van der Waals surface area contributed by atoms with Crippen molar-refractivity contribution in [2.75, 3.05) is 18.6 Å². The second kappa shape index (κ2) is 4.34. The van der Waals surface area contributed by atoms with Crippen LogP contribution in [-0.2, 0) is 14.3 Å². The summed E-state index contributed by atoms with van der Waals surface area (Å²) in [5, 5.41) is 7.52. The monoisotopic (exact) mass is 261 g/mol. The van der Waals surface area contributed by atoms with Crippen molar-refractivity contribution in [2.45, 2.75) is 6.42 Å². The summed E-state index contributed by atoms with van der Waals surface area (Å²) in [6.07, 6.45) is 0.147. The first kappa shape index (κ1) is 11.6. The maximum atomic E-state index is 12.0. The molecular weight excluding hydrogens is 250 g/mol. The smallest absolute Gasteiger partial charge is 0.311 e. The molecule has 1 atom stereocenters. The largest absolute Gasteiger partial charge is 0.469 e. The van der Waals surface area contributed by atoms with E-state index < -0.39 is 5.92 Å². The van der Waals surface area contributed by atoms with E-state index in [0.717, 1.165) is 0 Å². The number of hydrogen-bond donors (Lipinski definition) is 0. The number of esters is 1. The highest BCUT2D eigenvalue weighted by atomic mass is 16.6. The molecule has 0 bridgehead atoms. The predicted molar refractivity (Wildman–Crippen MR) is 64.3 cm³/mol. The van der Waals surface area contributed by atoms with Crippen LogP contribution >= 0.6 is 0 Å². The molecule has 1 saturated heterocycles. The molecule has 1 aliphatic heterocycles. The zero-order valence-electron chi connectivity index (χ0n) is 10.2. The quantitative estimate of drug-likeness (QED) is 0.741. The van der Waals surface area contributed by atoms with Gasteiger partial charge in [-0.1, -0.05) is 6.07 Å². The molecule has 1 amide bonds. The van der Waals surface area contributed by atoms with Crippen LogP contribution in [0.2, 0.25) is 0 Å². The average molecular weight is 261 g/mol. The van der Waals surface area contributed by atoms with Gasteiger partial charge in [0.1, 0.15) is 5.52 Å². The summed E-state index contributed by atoms with van der Waals surface area (Å²) in [7, 11) is 1.32. The van der Waals surface area contributed by atoms with Crippen molar-refractivity contribution in [3.8, 4) is 0 Å². The fourth-order valence-corrected chi connectivity index (χ4v) is 2.27. The van der Waals surface area contributed by atoms with Crippen LogP contribution in [0.15, 0.2) is 22.8 Å². The molecule has 2 heterocycles. The van der Waals surface area contributed by atoms with Gasteiger partial charge in [0.15, 0.2) is 5.52 Å². The van der Waals surface area contributed by atoms with E-state index in [4.69, 9.17) is 0 Å². The molecule has 0 radical (unpaired) electrons. The molecule has 7 heteroatoms. The lowest BCUT2D eigenvalue weighted by Crippen LogP contribution is -2.26. The summed E-state index contributed by atoms with van der Waals surface area (Å²) in [6.45, 7) is 0.289. The average Bonchev–Trinajstić information content (AvgIpc) is 3.03. The van der Waals surface area contributed by atoms with Crippen molar-refractivity contribution in [3.63, 3.8) is 0 Å². The zero-order valence-corrected chi connectivity index (χ0v) is 10.2. The van der Waals surface area contributed by atoms with Gasteiger partial charge in [0.05, 0.1) is 18.7 Å². The van der Waals surface area contributed by atoms with Crippen LogP contribution in [0.3, 0.4) is 0 Å². The minimum atomic E-state index is -0.437. The Labute approximate surface area is 108 Å². The van der Waals surface area contributed by atoms with Crippen molar-refractivity contribution in [1.29, 1.82) is 0 Å². The number of carbonyl (C=O) groups excluding carboxylic acids is 2. The van der Waals surface area contributed by atoms with Gasteiger partial charge in [-0.15, -0.1) is 0 Å². The van der Waals surface area contributed by atoms with Gasteiger partial charge in [0.25, 0.3) is 0 Å². The predicted octanol–water partition coefficient (Wildman–Crippen LogP) is 0.749. The van der Waals surface area contributed by atoms with Gasteiger partial charge in [-0.2, -0.15) is 0 Å². The third-order valence-electron chi connectivity index (χ3n) is 3.22. The van der Waals surface area contributed by atoms with E-state index >= 15 is 0 Å². The lowest BCUT2D eigenvalue weighted by molar-refractivity contribution is -0.145. The van der Waals surface area contributed by atoms with Crippen molar-refractivity contribution in [3.05, 3.63) is 18.2 Å². The number of methoxy groups -OCH3 is 1. The lowest BCUT2D eigenvalue weighted by atomic mass is 10.1. The van der Waals surface area contributed by atoms with E-state index in [1.165, 1.54) is 12.0 Å². The number of ether oxygens (including phenoxy) is 1. The number of carbonyl (C=O) groups is 2. The highest BCUT2D eigenvalue weighted by Crippen LogP contribution is 2.30. The van der Waals surface area contributed by atoms with Crippen LogP contribution in [0.4, 0.5) is 5.69 Å². The first-order valence-electron chi connectivity index (χ1n) is 5.80. The molecule has 0 saturated carbocycles. The van der Waals surface area contributed by atoms with Crippen molar-refractivity contribution in [2.24, 2.45) is 5.92 Å². The van der Waals surface area contributed by atoms with Gasteiger partial charge in [-0.05, 0) is 22.4 Å². The standard InChI is InChI=1S/C12H11N3O4/c1-18-12(17)7-5-10(16)15(6-7)9-4-2-3-8-11(9)14-19-13-8/h2-4,7H,5-6H2,1H3. The second-order valence-corrected chi connectivity index (χ2v) is 4.34. The van der Waals surface area contributed by atoms with Gasteiger partial charge in [0, 0.05) is 13.0 Å². The molecule has 98 valence electrons. The molecule has 1 aromatic heterocycles. The zero-order chi connectivity index (χ0) is 13.4. The normalized spacial score (nSPS) is 19.1. The number of rotatable bonds is 2. The summed E-state index contributed by atoms with van der Waals surface area (Å²) in [4.78, 5) is 25.0. The van der Waals surface area contributed by atoms with Crippen molar-refractivity contribution >= 4 is 28.6 Å². The minimum absolute atomic E-state index is 0.133. The first-order chi connectivity index (χ1) is 9.20. The van der Waals surface area contributed by atoms with Crippen molar-refractivity contribution in [1.82, 2.24) is 10.3 Å². The third kappa shape index (κ3) is 1.83. The van der Waals surface area contributed by atoms with E-state index in [0.29, 0.717) is 16.7 Å². The Bertz CT molecular complexity index is 651. The van der Waals surface area contributed by atoms with Gasteiger partial charge in [0.2, 0.25) is 5.91 Å². The topological polar surface area (TPSA) is 85.5 Å².